The van der Waals surface area contributed by atoms with Crippen LogP contribution in [0.5, 0.6) is 0 Å². The predicted octanol–water partition coefficient (Wildman–Crippen LogP) is 3.85. The van der Waals surface area contributed by atoms with Crippen molar-refractivity contribution in [1.29, 1.82) is 0 Å². The van der Waals surface area contributed by atoms with Crippen molar-refractivity contribution in [3.8, 4) is 0 Å². The topological polar surface area (TPSA) is 141 Å². The third kappa shape index (κ3) is 7.53. The van der Waals surface area contributed by atoms with E-state index >= 15 is 0 Å². The minimum absolute atomic E-state index is 0.0626. The van der Waals surface area contributed by atoms with E-state index in [1.165, 1.54) is 6.08 Å². The summed E-state index contributed by atoms with van der Waals surface area (Å²) in [5.74, 6) is -3.40. The van der Waals surface area contributed by atoms with Crippen LogP contribution in [-0.4, -0.2) is 62.6 Å². The van der Waals surface area contributed by atoms with Crippen molar-refractivity contribution in [3.05, 3.63) is 71.4 Å². The summed E-state index contributed by atoms with van der Waals surface area (Å²) in [6, 6.07) is 0. The first-order valence-electron chi connectivity index (χ1n) is 13.2. The summed E-state index contributed by atoms with van der Waals surface area (Å²) in [4.78, 5) is 37.1. The molecule has 0 fully saturated rings. The third-order valence-electron chi connectivity index (χ3n) is 7.90. The smallest absolute Gasteiger partial charge is 0.328 e. The lowest BCUT2D eigenvalue weighted by atomic mass is 9.54. The normalized spacial score (nSPS) is 31.1. The summed E-state index contributed by atoms with van der Waals surface area (Å²) in [7, 11) is 0. The summed E-state index contributed by atoms with van der Waals surface area (Å²) in [6.07, 6.45) is 13.1. The fourth-order valence-electron chi connectivity index (χ4n) is 5.33. The second-order valence-electron chi connectivity index (χ2n) is 11.0. The number of fused-ring (bicyclic) bond motifs is 1. The summed E-state index contributed by atoms with van der Waals surface area (Å²) in [5.41, 5.74) is -0.699. The highest BCUT2D eigenvalue weighted by Gasteiger charge is 2.59. The van der Waals surface area contributed by atoms with Gasteiger partial charge in [0.05, 0.1) is 23.0 Å². The van der Waals surface area contributed by atoms with E-state index in [1.54, 1.807) is 71.1 Å². The number of carbonyl (C=O) groups excluding carboxylic acids is 2. The Morgan fingerprint density at radius 2 is 1.79 bits per heavy atom. The van der Waals surface area contributed by atoms with E-state index in [9.17, 15) is 29.7 Å². The Morgan fingerprint density at radius 1 is 1.15 bits per heavy atom. The molecule has 0 aromatic rings. The number of carboxylic acid groups (broad SMARTS) is 1. The Labute approximate surface area is 230 Å². The number of esters is 1. The molecule has 39 heavy (non-hydrogen) atoms. The molecule has 214 valence electrons. The first kappa shape index (κ1) is 32.1. The molecule has 2 rings (SSSR count). The lowest BCUT2D eigenvalue weighted by Gasteiger charge is -2.52. The molecule has 0 spiro atoms. The van der Waals surface area contributed by atoms with Crippen LogP contribution >= 0.6 is 0 Å². The van der Waals surface area contributed by atoms with Gasteiger partial charge in [0.25, 0.3) is 0 Å². The molecular weight excluding hydrogens is 500 g/mol. The van der Waals surface area contributed by atoms with Crippen molar-refractivity contribution in [3.63, 3.8) is 0 Å². The molecule has 0 saturated heterocycles. The van der Waals surface area contributed by atoms with Gasteiger partial charge in [0.15, 0.2) is 0 Å². The molecule has 0 aromatic carbocycles. The molecule has 0 aromatic heterocycles. The number of allylic oxidation sites excluding steroid dienone is 8. The van der Waals surface area contributed by atoms with Crippen LogP contribution in [0, 0.1) is 23.2 Å². The fourth-order valence-corrected chi connectivity index (χ4v) is 5.33. The van der Waals surface area contributed by atoms with E-state index in [2.05, 4.69) is 0 Å². The minimum Gasteiger partial charge on any atom is -0.478 e. The van der Waals surface area contributed by atoms with Gasteiger partial charge in [0.1, 0.15) is 11.9 Å². The van der Waals surface area contributed by atoms with Gasteiger partial charge >= 0.3 is 11.9 Å². The number of hydrogen-bond donors (Lipinski definition) is 4. The number of rotatable bonds is 11. The largest absolute Gasteiger partial charge is 0.478 e. The monoisotopic (exact) mass is 542 g/mol. The highest BCUT2D eigenvalue weighted by Crippen LogP contribution is 2.53. The second kappa shape index (κ2) is 13.3. The number of aliphatic hydroxyl groups is 3. The van der Waals surface area contributed by atoms with E-state index in [0.29, 0.717) is 12.0 Å². The second-order valence-corrected chi connectivity index (χ2v) is 11.0. The predicted molar refractivity (Wildman–Crippen MR) is 148 cm³/mol. The summed E-state index contributed by atoms with van der Waals surface area (Å²) >= 11 is 0. The molecule has 0 saturated carbocycles. The standard InChI is InChI=1S/C31H42O8/c1-19(10-8-12-26(34)35)9-7-11-21(3)28(36)22(4)29(37)39-24-18-20(2)17-23-13-15-30(5,38)31(6,27(23)24)25(33)14-16-32/h7-13,15,17,20,22,24,27-28,32,36,38H,14,16,18H2,1-6H3,(H,34,35)/b9-7+,12-8+,19-10-,21-11+. The van der Waals surface area contributed by atoms with Crippen LogP contribution in [-0.2, 0) is 19.1 Å². The average Bonchev–Trinajstić information content (AvgIpc) is 2.85. The van der Waals surface area contributed by atoms with Gasteiger partial charge in [-0.25, -0.2) is 4.79 Å². The van der Waals surface area contributed by atoms with E-state index < -0.39 is 47.0 Å². The molecule has 0 amide bonds. The quantitative estimate of drug-likeness (QED) is 0.175. The number of aliphatic hydroxyl groups excluding tert-OH is 2. The molecule has 7 atom stereocenters. The highest BCUT2D eigenvalue weighted by atomic mass is 16.5. The van der Waals surface area contributed by atoms with E-state index in [4.69, 9.17) is 9.84 Å². The number of ether oxygens (including phenoxy) is 1. The molecule has 2 aliphatic rings. The van der Waals surface area contributed by atoms with Crippen LogP contribution in [0.3, 0.4) is 0 Å². The molecule has 8 heteroatoms. The summed E-state index contributed by atoms with van der Waals surface area (Å²) in [6.45, 7) is 9.93. The van der Waals surface area contributed by atoms with Crippen LogP contribution in [0.1, 0.15) is 54.4 Å². The number of Topliss-reactive ketones (excluding diaryl/α,β-unsaturated/α-hetero) is 1. The molecule has 0 bridgehead atoms. The van der Waals surface area contributed by atoms with Gasteiger partial charge in [-0.1, -0.05) is 61.1 Å². The zero-order valence-corrected chi connectivity index (χ0v) is 23.6. The Kier molecular flexibility index (Phi) is 11.0. The van der Waals surface area contributed by atoms with Gasteiger partial charge in [0, 0.05) is 25.0 Å². The van der Waals surface area contributed by atoms with Gasteiger partial charge < -0.3 is 25.2 Å². The van der Waals surface area contributed by atoms with Crippen molar-refractivity contribution in [1.82, 2.24) is 0 Å². The lowest BCUT2D eigenvalue weighted by molar-refractivity contribution is -0.172. The van der Waals surface area contributed by atoms with E-state index in [-0.39, 0.29) is 24.7 Å². The number of carboxylic acids is 1. The van der Waals surface area contributed by atoms with Crippen LogP contribution < -0.4 is 0 Å². The van der Waals surface area contributed by atoms with Crippen LogP contribution in [0.4, 0.5) is 0 Å². The number of ketones is 1. The van der Waals surface area contributed by atoms with Crippen molar-refractivity contribution in [2.24, 2.45) is 23.2 Å². The third-order valence-corrected chi connectivity index (χ3v) is 7.90. The number of aliphatic carboxylic acids is 1. The Hall–Kier alpha value is -3.07. The molecule has 8 nitrogen and oxygen atoms in total. The minimum atomic E-state index is -1.51. The van der Waals surface area contributed by atoms with Crippen LogP contribution in [0.2, 0.25) is 0 Å². The Morgan fingerprint density at radius 3 is 2.41 bits per heavy atom. The highest BCUT2D eigenvalue weighted by molar-refractivity contribution is 5.88. The van der Waals surface area contributed by atoms with Gasteiger partial charge in [-0.05, 0) is 58.1 Å². The maximum Gasteiger partial charge on any atom is 0.328 e. The SMILES string of the molecule is CC(=C/C=C/C(=O)O)/C=C/C=C(\C)C(O)C(C)C(=O)OC1CC(C)C=C2C=CC(C)(O)C(C)(C(=O)CCO)C21. The van der Waals surface area contributed by atoms with Gasteiger partial charge in [-0.2, -0.15) is 0 Å². The Balaban J connectivity index is 2.24. The van der Waals surface area contributed by atoms with Gasteiger partial charge in [-0.3, -0.25) is 9.59 Å². The average molecular weight is 543 g/mol. The first-order valence-corrected chi connectivity index (χ1v) is 13.2. The lowest BCUT2D eigenvalue weighted by Crippen LogP contribution is -2.59. The zero-order valence-electron chi connectivity index (χ0n) is 23.6. The van der Waals surface area contributed by atoms with Crippen molar-refractivity contribution in [2.45, 2.75) is 72.2 Å². The zero-order chi connectivity index (χ0) is 29.5. The van der Waals surface area contributed by atoms with Crippen molar-refractivity contribution >= 4 is 17.7 Å². The maximum atomic E-state index is 13.3. The number of hydrogen-bond acceptors (Lipinski definition) is 7. The van der Waals surface area contributed by atoms with Crippen molar-refractivity contribution in [2.75, 3.05) is 6.61 Å². The molecule has 0 radical (unpaired) electrons. The molecule has 0 aliphatic heterocycles. The fraction of sp³-hybridized carbons (Fsp3) is 0.516. The van der Waals surface area contributed by atoms with Gasteiger partial charge in [0.2, 0.25) is 0 Å². The molecule has 2 aliphatic carbocycles. The van der Waals surface area contributed by atoms with Crippen molar-refractivity contribution < 1.29 is 39.5 Å². The van der Waals surface area contributed by atoms with E-state index in [1.807, 2.05) is 13.0 Å². The van der Waals surface area contributed by atoms with Gasteiger partial charge in [-0.15, -0.1) is 0 Å². The molecular formula is C31H42O8. The first-order chi connectivity index (χ1) is 18.1. The van der Waals surface area contributed by atoms with Crippen LogP contribution in [0.25, 0.3) is 0 Å². The van der Waals surface area contributed by atoms with E-state index in [0.717, 1.165) is 17.2 Å². The molecule has 0 heterocycles. The maximum absolute atomic E-state index is 13.3. The molecule has 4 N–H and O–H groups in total. The summed E-state index contributed by atoms with van der Waals surface area (Å²) in [5, 5.41) is 40.2. The molecule has 7 unspecified atom stereocenters. The van der Waals surface area contributed by atoms with Crippen LogP contribution in [0.15, 0.2) is 71.4 Å². The Bertz CT molecular complexity index is 1120. The number of carbonyl (C=O) groups is 3. The summed E-state index contributed by atoms with van der Waals surface area (Å²) < 4.78 is 5.98.